The molecule has 0 heterocycles. The molecule has 11 heavy (non-hydrogen) atoms. The number of aliphatic hydroxyl groups excluding tert-OH is 1. The van der Waals surface area contributed by atoms with Gasteiger partial charge in [-0.3, -0.25) is 10.1 Å². The first-order valence-electron chi connectivity index (χ1n) is 3.47. The minimum atomic E-state index is -0.834. The lowest BCUT2D eigenvalue weighted by Gasteiger charge is -2.08. The first-order chi connectivity index (χ1) is 5.20. The van der Waals surface area contributed by atoms with Crippen molar-refractivity contribution in [2.24, 2.45) is 5.73 Å². The fourth-order valence-corrected chi connectivity index (χ4v) is 0.496. The Kier molecular flexibility index (Phi) is 5.73. The molecule has 0 aliphatic rings. The molecule has 0 aliphatic heterocycles. The highest BCUT2D eigenvalue weighted by Crippen LogP contribution is 1.76. The summed E-state index contributed by atoms with van der Waals surface area (Å²) >= 11 is 0. The molecule has 0 aromatic heterocycles. The summed E-state index contributed by atoms with van der Waals surface area (Å²) in [6.45, 7) is 2.14. The van der Waals surface area contributed by atoms with E-state index in [0.29, 0.717) is 6.61 Å². The van der Waals surface area contributed by atoms with Gasteiger partial charge in [-0.15, -0.1) is 0 Å². The van der Waals surface area contributed by atoms with Crippen LogP contribution in [0.5, 0.6) is 0 Å². The van der Waals surface area contributed by atoms with Crippen LogP contribution in [0.3, 0.4) is 0 Å². The van der Waals surface area contributed by atoms with Crippen molar-refractivity contribution in [2.75, 3.05) is 19.7 Å². The minimum absolute atomic E-state index is 0.00773. The van der Waals surface area contributed by atoms with Gasteiger partial charge in [0, 0.05) is 6.54 Å². The van der Waals surface area contributed by atoms with Crippen molar-refractivity contribution in [3.63, 3.8) is 0 Å². The van der Waals surface area contributed by atoms with Crippen LogP contribution in [0.4, 0.5) is 0 Å². The summed E-state index contributed by atoms with van der Waals surface area (Å²) in [4.78, 5) is 10.6. The number of hydrogen-bond acceptors (Lipinski definition) is 5. The number of aliphatic hydroxyl groups is 1. The number of ether oxygens (including phenoxy) is 1. The molecular weight excluding hydrogens is 148 g/mol. The molecule has 0 radical (unpaired) electrons. The van der Waals surface area contributed by atoms with Crippen LogP contribution in [0.15, 0.2) is 0 Å². The highest BCUT2D eigenvalue weighted by molar-refractivity contribution is 5.71. The van der Waals surface area contributed by atoms with Gasteiger partial charge in [0.1, 0.15) is 6.23 Å². The van der Waals surface area contributed by atoms with Crippen LogP contribution in [0.25, 0.3) is 0 Å². The summed E-state index contributed by atoms with van der Waals surface area (Å²) in [5.74, 6) is -0.389. The summed E-state index contributed by atoms with van der Waals surface area (Å²) in [7, 11) is 0. The van der Waals surface area contributed by atoms with E-state index in [1.54, 1.807) is 6.92 Å². The van der Waals surface area contributed by atoms with E-state index in [1.807, 2.05) is 0 Å². The fourth-order valence-electron chi connectivity index (χ4n) is 0.496. The zero-order chi connectivity index (χ0) is 8.69. The largest absolute Gasteiger partial charge is 0.465 e. The highest BCUT2D eigenvalue weighted by atomic mass is 16.5. The summed E-state index contributed by atoms with van der Waals surface area (Å²) in [5.41, 5.74) is 5.07. The standard InChI is InChI=1S/C6H14N2O3/c1-2-11-6(10)4-8-5(9)3-7/h5,8-9H,2-4,7H2,1H3. The zero-order valence-corrected chi connectivity index (χ0v) is 6.54. The molecule has 0 saturated heterocycles. The SMILES string of the molecule is CCOC(=O)CNC(O)CN. The van der Waals surface area contributed by atoms with Crippen LogP contribution in [0.1, 0.15) is 6.92 Å². The highest BCUT2D eigenvalue weighted by Gasteiger charge is 2.04. The van der Waals surface area contributed by atoms with Crippen LogP contribution in [-0.2, 0) is 9.53 Å². The third-order valence-corrected chi connectivity index (χ3v) is 1.01. The molecule has 0 aliphatic carbocycles. The Labute approximate surface area is 65.5 Å². The zero-order valence-electron chi connectivity index (χ0n) is 6.54. The molecule has 0 bridgehead atoms. The lowest BCUT2D eigenvalue weighted by molar-refractivity contribution is -0.142. The Bertz CT molecular complexity index is 118. The van der Waals surface area contributed by atoms with Crippen molar-refractivity contribution in [2.45, 2.75) is 13.2 Å². The Morgan fingerprint density at radius 1 is 1.82 bits per heavy atom. The lowest BCUT2D eigenvalue weighted by atomic mass is 10.5. The second-order valence-electron chi connectivity index (χ2n) is 1.94. The third kappa shape index (κ3) is 5.78. The Hall–Kier alpha value is -0.650. The maximum absolute atomic E-state index is 10.6. The van der Waals surface area contributed by atoms with Gasteiger partial charge in [0.2, 0.25) is 0 Å². The molecule has 0 aromatic rings. The summed E-state index contributed by atoms with van der Waals surface area (Å²) in [5, 5.41) is 11.3. The van der Waals surface area contributed by atoms with E-state index >= 15 is 0 Å². The molecule has 66 valence electrons. The average Bonchev–Trinajstić information content (AvgIpc) is 2.01. The Balaban J connectivity index is 3.30. The van der Waals surface area contributed by atoms with Crippen molar-refractivity contribution in [1.29, 1.82) is 0 Å². The number of hydrogen-bond donors (Lipinski definition) is 3. The molecule has 1 unspecified atom stereocenters. The second-order valence-corrected chi connectivity index (χ2v) is 1.94. The van der Waals surface area contributed by atoms with Gasteiger partial charge in [0.05, 0.1) is 13.2 Å². The molecule has 0 spiro atoms. The predicted molar refractivity (Wildman–Crippen MR) is 39.7 cm³/mol. The fraction of sp³-hybridized carbons (Fsp3) is 0.833. The van der Waals surface area contributed by atoms with Crippen LogP contribution in [0, 0.1) is 0 Å². The normalized spacial score (nSPS) is 12.6. The van der Waals surface area contributed by atoms with Crippen molar-refractivity contribution >= 4 is 5.97 Å². The molecule has 0 aromatic carbocycles. The number of nitrogens with two attached hydrogens (primary N) is 1. The van der Waals surface area contributed by atoms with E-state index < -0.39 is 6.23 Å². The third-order valence-electron chi connectivity index (χ3n) is 1.01. The van der Waals surface area contributed by atoms with Crippen molar-refractivity contribution in [3.8, 4) is 0 Å². The Morgan fingerprint density at radius 3 is 2.91 bits per heavy atom. The average molecular weight is 162 g/mol. The van der Waals surface area contributed by atoms with Gasteiger partial charge in [-0.1, -0.05) is 0 Å². The van der Waals surface area contributed by atoms with Gasteiger partial charge >= 0.3 is 5.97 Å². The van der Waals surface area contributed by atoms with E-state index in [9.17, 15) is 4.79 Å². The summed E-state index contributed by atoms with van der Waals surface area (Å²) in [6, 6.07) is 0. The topological polar surface area (TPSA) is 84.6 Å². The first-order valence-corrected chi connectivity index (χ1v) is 3.47. The molecule has 5 nitrogen and oxygen atoms in total. The Morgan fingerprint density at radius 2 is 2.45 bits per heavy atom. The number of carbonyl (C=O) groups is 1. The van der Waals surface area contributed by atoms with Gasteiger partial charge in [-0.05, 0) is 6.92 Å². The van der Waals surface area contributed by atoms with Crippen molar-refractivity contribution in [1.82, 2.24) is 5.32 Å². The first kappa shape index (κ1) is 10.3. The van der Waals surface area contributed by atoms with E-state index in [4.69, 9.17) is 10.8 Å². The molecule has 0 amide bonds. The van der Waals surface area contributed by atoms with Crippen LogP contribution in [-0.4, -0.2) is 37.0 Å². The predicted octanol–water partition coefficient (Wildman–Crippen LogP) is -1.58. The molecule has 0 rings (SSSR count). The summed E-state index contributed by atoms with van der Waals surface area (Å²) < 4.78 is 4.58. The molecule has 0 fully saturated rings. The monoisotopic (exact) mass is 162 g/mol. The molecule has 0 saturated carbocycles. The van der Waals surface area contributed by atoms with Gasteiger partial charge in [-0.2, -0.15) is 0 Å². The number of nitrogens with one attached hydrogen (secondary N) is 1. The molecule has 5 heteroatoms. The van der Waals surface area contributed by atoms with Gasteiger partial charge < -0.3 is 15.6 Å². The van der Waals surface area contributed by atoms with Gasteiger partial charge in [0.25, 0.3) is 0 Å². The van der Waals surface area contributed by atoms with Crippen LogP contribution < -0.4 is 11.1 Å². The van der Waals surface area contributed by atoms with E-state index in [1.165, 1.54) is 0 Å². The number of esters is 1. The quantitative estimate of drug-likeness (QED) is 0.335. The van der Waals surface area contributed by atoms with E-state index in [0.717, 1.165) is 0 Å². The van der Waals surface area contributed by atoms with Crippen LogP contribution >= 0.6 is 0 Å². The molecular formula is C6H14N2O3. The lowest BCUT2D eigenvalue weighted by Crippen LogP contribution is -2.39. The molecule has 4 N–H and O–H groups in total. The van der Waals surface area contributed by atoms with Crippen molar-refractivity contribution in [3.05, 3.63) is 0 Å². The van der Waals surface area contributed by atoms with Gasteiger partial charge in [0.15, 0.2) is 0 Å². The summed E-state index contributed by atoms with van der Waals surface area (Å²) in [6.07, 6.45) is -0.834. The smallest absolute Gasteiger partial charge is 0.319 e. The van der Waals surface area contributed by atoms with Crippen LogP contribution in [0.2, 0.25) is 0 Å². The maximum atomic E-state index is 10.6. The van der Waals surface area contributed by atoms with E-state index in [2.05, 4.69) is 10.1 Å². The van der Waals surface area contributed by atoms with Crippen molar-refractivity contribution < 1.29 is 14.6 Å². The number of rotatable bonds is 5. The second kappa shape index (κ2) is 6.09. The van der Waals surface area contributed by atoms with Gasteiger partial charge in [-0.25, -0.2) is 0 Å². The number of carbonyl (C=O) groups excluding carboxylic acids is 1. The maximum Gasteiger partial charge on any atom is 0.319 e. The molecule has 1 atom stereocenters. The van der Waals surface area contributed by atoms with E-state index in [-0.39, 0.29) is 19.1 Å². The minimum Gasteiger partial charge on any atom is -0.465 e.